The first-order valence-corrected chi connectivity index (χ1v) is 12.3. The summed E-state index contributed by atoms with van der Waals surface area (Å²) in [6, 6.07) is 13.5. The standard InChI is InChI=1S/C23H29FN2O3S/c1-3-9-30(27,28)25-18-13-26(14-18)22-11-20-19(10-17-7-5-4-6-8-17)16(2)15-29-23(20)12-21(22)24/h4-8,11-12,16,18-19,25H,3,9-10,13-15H2,1-2H3. The number of hydrogen-bond acceptors (Lipinski definition) is 4. The Labute approximate surface area is 178 Å². The van der Waals surface area contributed by atoms with Gasteiger partial charge in [-0.15, -0.1) is 0 Å². The van der Waals surface area contributed by atoms with Crippen LogP contribution in [0.5, 0.6) is 5.75 Å². The zero-order valence-corrected chi connectivity index (χ0v) is 18.3. The number of anilines is 1. The summed E-state index contributed by atoms with van der Waals surface area (Å²) in [6.45, 7) is 5.52. The molecule has 1 saturated heterocycles. The lowest BCUT2D eigenvalue weighted by Gasteiger charge is -2.42. The summed E-state index contributed by atoms with van der Waals surface area (Å²) in [5.74, 6) is 0.983. The molecule has 162 valence electrons. The summed E-state index contributed by atoms with van der Waals surface area (Å²) in [7, 11) is -3.26. The molecule has 2 unspecified atom stereocenters. The number of benzene rings is 2. The van der Waals surface area contributed by atoms with Crippen molar-refractivity contribution in [2.45, 2.75) is 38.6 Å². The lowest BCUT2D eigenvalue weighted by Crippen LogP contribution is -2.59. The summed E-state index contributed by atoms with van der Waals surface area (Å²) < 4.78 is 47.3. The van der Waals surface area contributed by atoms with Crippen molar-refractivity contribution in [2.75, 3.05) is 30.3 Å². The molecule has 4 rings (SSSR count). The van der Waals surface area contributed by atoms with Crippen molar-refractivity contribution in [1.82, 2.24) is 4.72 Å². The summed E-state index contributed by atoms with van der Waals surface area (Å²) in [5.41, 5.74) is 2.81. The van der Waals surface area contributed by atoms with Crippen molar-refractivity contribution < 1.29 is 17.5 Å². The topological polar surface area (TPSA) is 58.6 Å². The number of nitrogens with zero attached hydrogens (tertiary/aromatic N) is 1. The van der Waals surface area contributed by atoms with E-state index < -0.39 is 10.0 Å². The van der Waals surface area contributed by atoms with Gasteiger partial charge in [0, 0.05) is 24.7 Å². The Morgan fingerprint density at radius 2 is 1.93 bits per heavy atom. The Bertz CT molecular complexity index is 991. The minimum atomic E-state index is -3.26. The van der Waals surface area contributed by atoms with Crippen LogP contribution in [0.15, 0.2) is 42.5 Å². The van der Waals surface area contributed by atoms with Gasteiger partial charge < -0.3 is 9.64 Å². The van der Waals surface area contributed by atoms with Gasteiger partial charge in [-0.1, -0.05) is 44.2 Å². The van der Waals surface area contributed by atoms with E-state index in [1.54, 1.807) is 0 Å². The molecule has 30 heavy (non-hydrogen) atoms. The summed E-state index contributed by atoms with van der Waals surface area (Å²) >= 11 is 0. The average molecular weight is 433 g/mol. The van der Waals surface area contributed by atoms with E-state index in [0.29, 0.717) is 43.5 Å². The monoisotopic (exact) mass is 432 g/mol. The zero-order valence-electron chi connectivity index (χ0n) is 17.5. The molecule has 2 atom stereocenters. The van der Waals surface area contributed by atoms with Gasteiger partial charge in [0.1, 0.15) is 11.6 Å². The largest absolute Gasteiger partial charge is 0.493 e. The van der Waals surface area contributed by atoms with Gasteiger partial charge in [0.05, 0.1) is 24.1 Å². The Balaban J connectivity index is 1.53. The molecule has 1 N–H and O–H groups in total. The maximum atomic E-state index is 14.8. The van der Waals surface area contributed by atoms with Crippen molar-refractivity contribution in [2.24, 2.45) is 5.92 Å². The fraction of sp³-hybridized carbons (Fsp3) is 0.478. The predicted molar refractivity (Wildman–Crippen MR) is 117 cm³/mol. The van der Waals surface area contributed by atoms with Gasteiger partial charge in [0.15, 0.2) is 0 Å². The number of fused-ring (bicyclic) bond motifs is 1. The molecular weight excluding hydrogens is 403 g/mol. The molecule has 7 heteroatoms. The lowest BCUT2D eigenvalue weighted by molar-refractivity contribution is 0.203. The highest BCUT2D eigenvalue weighted by Crippen LogP contribution is 2.42. The summed E-state index contributed by atoms with van der Waals surface area (Å²) in [4.78, 5) is 1.90. The van der Waals surface area contributed by atoms with Crippen LogP contribution < -0.4 is 14.4 Å². The second kappa shape index (κ2) is 8.55. The molecule has 2 aliphatic rings. The lowest BCUT2D eigenvalue weighted by atomic mass is 9.80. The van der Waals surface area contributed by atoms with Crippen LogP contribution in [-0.4, -0.2) is 39.9 Å². The molecule has 2 aromatic rings. The molecule has 2 aromatic carbocycles. The fourth-order valence-corrected chi connectivity index (χ4v) is 5.68. The van der Waals surface area contributed by atoms with Crippen molar-refractivity contribution >= 4 is 15.7 Å². The van der Waals surface area contributed by atoms with E-state index >= 15 is 0 Å². The molecule has 1 fully saturated rings. The van der Waals surface area contributed by atoms with E-state index in [1.807, 2.05) is 36.1 Å². The third-order valence-corrected chi connectivity index (χ3v) is 7.65. The fourth-order valence-electron chi connectivity index (χ4n) is 4.37. The summed E-state index contributed by atoms with van der Waals surface area (Å²) in [6.07, 6.45) is 1.45. The molecule has 2 aliphatic heterocycles. The van der Waals surface area contributed by atoms with Crippen LogP contribution >= 0.6 is 0 Å². The highest BCUT2D eigenvalue weighted by atomic mass is 32.2. The van der Waals surface area contributed by atoms with E-state index in [1.165, 1.54) is 11.6 Å². The number of sulfonamides is 1. The smallest absolute Gasteiger partial charge is 0.211 e. The van der Waals surface area contributed by atoms with E-state index in [4.69, 9.17) is 4.74 Å². The van der Waals surface area contributed by atoms with Gasteiger partial charge in [-0.05, 0) is 36.3 Å². The Kier molecular flexibility index (Phi) is 6.02. The second-order valence-electron chi connectivity index (χ2n) is 8.46. The van der Waals surface area contributed by atoms with E-state index in [2.05, 4.69) is 23.8 Å². The average Bonchev–Trinajstić information content (AvgIpc) is 2.67. The van der Waals surface area contributed by atoms with Crippen LogP contribution in [0.4, 0.5) is 10.1 Å². The van der Waals surface area contributed by atoms with Crippen LogP contribution in [0, 0.1) is 11.7 Å². The second-order valence-corrected chi connectivity index (χ2v) is 10.3. The minimum Gasteiger partial charge on any atom is -0.493 e. The van der Waals surface area contributed by atoms with Gasteiger partial charge in [-0.25, -0.2) is 17.5 Å². The van der Waals surface area contributed by atoms with Gasteiger partial charge in [0.25, 0.3) is 0 Å². The number of halogens is 1. The van der Waals surface area contributed by atoms with E-state index in [0.717, 1.165) is 12.0 Å². The SMILES string of the molecule is CCCS(=O)(=O)NC1CN(c2cc3c(cc2F)OCC(C)C3Cc2ccccc2)C1. The molecule has 0 radical (unpaired) electrons. The molecule has 0 saturated carbocycles. The maximum Gasteiger partial charge on any atom is 0.211 e. The Morgan fingerprint density at radius 1 is 1.20 bits per heavy atom. The highest BCUT2D eigenvalue weighted by molar-refractivity contribution is 7.89. The Morgan fingerprint density at radius 3 is 2.63 bits per heavy atom. The first kappa shape index (κ1) is 21.1. The first-order valence-electron chi connectivity index (χ1n) is 10.6. The van der Waals surface area contributed by atoms with Gasteiger partial charge >= 0.3 is 0 Å². The third kappa shape index (κ3) is 4.47. The van der Waals surface area contributed by atoms with Crippen molar-refractivity contribution in [1.29, 1.82) is 0 Å². The number of hydrogen-bond donors (Lipinski definition) is 1. The molecule has 0 aromatic heterocycles. The molecule has 0 spiro atoms. The summed E-state index contributed by atoms with van der Waals surface area (Å²) in [5, 5.41) is 0. The number of nitrogens with one attached hydrogen (secondary N) is 1. The van der Waals surface area contributed by atoms with Gasteiger partial charge in [-0.2, -0.15) is 0 Å². The molecule has 0 aliphatic carbocycles. The molecule has 2 heterocycles. The van der Waals surface area contributed by atoms with E-state index in [9.17, 15) is 12.8 Å². The quantitative estimate of drug-likeness (QED) is 0.725. The van der Waals surface area contributed by atoms with Crippen LogP contribution in [-0.2, 0) is 16.4 Å². The number of rotatable bonds is 7. The van der Waals surface area contributed by atoms with Crippen LogP contribution in [0.1, 0.15) is 37.3 Å². The van der Waals surface area contributed by atoms with Crippen molar-refractivity contribution in [3.63, 3.8) is 0 Å². The first-order chi connectivity index (χ1) is 14.4. The zero-order chi connectivity index (χ0) is 21.3. The number of ether oxygens (including phenoxy) is 1. The molecule has 5 nitrogen and oxygen atoms in total. The van der Waals surface area contributed by atoms with Gasteiger partial charge in [-0.3, -0.25) is 0 Å². The predicted octanol–water partition coefficient (Wildman–Crippen LogP) is 3.70. The minimum absolute atomic E-state index is 0.118. The highest BCUT2D eigenvalue weighted by Gasteiger charge is 2.34. The normalized spacial score (nSPS) is 21.6. The molecule has 0 bridgehead atoms. The third-order valence-electron chi connectivity index (χ3n) is 6.01. The van der Waals surface area contributed by atoms with Crippen LogP contribution in [0.25, 0.3) is 0 Å². The Hall–Kier alpha value is -2.12. The van der Waals surface area contributed by atoms with Crippen LogP contribution in [0.2, 0.25) is 0 Å². The maximum absolute atomic E-state index is 14.8. The van der Waals surface area contributed by atoms with Crippen LogP contribution in [0.3, 0.4) is 0 Å². The molecular formula is C23H29FN2O3S. The molecule has 0 amide bonds. The van der Waals surface area contributed by atoms with E-state index in [-0.39, 0.29) is 23.5 Å². The van der Waals surface area contributed by atoms with Crippen molar-refractivity contribution in [3.8, 4) is 5.75 Å². The van der Waals surface area contributed by atoms with Crippen molar-refractivity contribution in [3.05, 3.63) is 59.4 Å². The van der Waals surface area contributed by atoms with Gasteiger partial charge in [0.2, 0.25) is 10.0 Å².